The standard InChI is InChI=1S/C33H49N5O5S/c1-8-26(22(4)39)34-16-10-9-11-28(41)37-30(33(5,6)7)32(43)38-18-25(40)17-27(38)31(42)36-20(2)23-12-14-24(15-13-23)29-21(3)35-19-44-29/h12-15,19-20,25-27,30,34,40H,8-11,16-18H2,1-7H3,(H,36,42)(H,37,41)/t20-,25+,26-,27-,30+/m0/s1. The second kappa shape index (κ2) is 15.7. The number of thiazole rings is 1. The van der Waals surface area contributed by atoms with E-state index >= 15 is 0 Å². The van der Waals surface area contributed by atoms with Crippen LogP contribution in [-0.2, 0) is 19.2 Å². The molecule has 44 heavy (non-hydrogen) atoms. The van der Waals surface area contributed by atoms with Gasteiger partial charge < -0.3 is 26.0 Å². The van der Waals surface area contributed by atoms with E-state index in [9.17, 15) is 24.3 Å². The number of aliphatic hydroxyl groups excluding tert-OH is 1. The van der Waals surface area contributed by atoms with Crippen molar-refractivity contribution in [3.05, 3.63) is 41.0 Å². The number of likely N-dealkylation sites (tertiary alicyclic amines) is 1. The molecule has 0 unspecified atom stereocenters. The largest absolute Gasteiger partial charge is 0.391 e. The SMILES string of the molecule is CC[C@H](NCCCCC(=O)N[C@H](C(=O)N1C[C@H](O)C[C@H]1C(=O)N[C@@H](C)c1ccc(-c2scnc2C)cc1)C(C)(C)C)C(C)=O. The fraction of sp³-hybridized carbons (Fsp3) is 0.606. The summed E-state index contributed by atoms with van der Waals surface area (Å²) in [5.41, 5.74) is 4.15. The monoisotopic (exact) mass is 627 g/mol. The highest BCUT2D eigenvalue weighted by Gasteiger charge is 2.44. The molecule has 0 spiro atoms. The van der Waals surface area contributed by atoms with E-state index in [0.717, 1.165) is 34.5 Å². The van der Waals surface area contributed by atoms with Crippen molar-refractivity contribution in [3.63, 3.8) is 0 Å². The fourth-order valence-corrected chi connectivity index (χ4v) is 6.32. The lowest BCUT2D eigenvalue weighted by molar-refractivity contribution is -0.144. The molecule has 5 atom stereocenters. The van der Waals surface area contributed by atoms with Gasteiger partial charge >= 0.3 is 0 Å². The van der Waals surface area contributed by atoms with Crippen LogP contribution in [0.5, 0.6) is 0 Å². The van der Waals surface area contributed by atoms with E-state index in [-0.39, 0.29) is 55.0 Å². The van der Waals surface area contributed by atoms with E-state index in [1.54, 1.807) is 18.3 Å². The van der Waals surface area contributed by atoms with Crippen LogP contribution >= 0.6 is 11.3 Å². The first-order chi connectivity index (χ1) is 20.7. The number of carbonyl (C=O) groups is 4. The van der Waals surface area contributed by atoms with Crippen LogP contribution in [0.4, 0.5) is 0 Å². The topological polar surface area (TPSA) is 141 Å². The molecule has 4 N–H and O–H groups in total. The van der Waals surface area contributed by atoms with Crippen LogP contribution in [-0.4, -0.2) is 75.8 Å². The van der Waals surface area contributed by atoms with Gasteiger partial charge in [-0.25, -0.2) is 4.98 Å². The molecule has 1 fully saturated rings. The van der Waals surface area contributed by atoms with Gasteiger partial charge in [0.15, 0.2) is 0 Å². The lowest BCUT2D eigenvalue weighted by Crippen LogP contribution is -2.57. The third-order valence-electron chi connectivity index (χ3n) is 8.18. The fourth-order valence-electron chi connectivity index (χ4n) is 5.51. The van der Waals surface area contributed by atoms with Crippen molar-refractivity contribution in [2.75, 3.05) is 13.1 Å². The number of ketones is 1. The van der Waals surface area contributed by atoms with Crippen molar-refractivity contribution in [2.45, 2.75) is 111 Å². The van der Waals surface area contributed by atoms with E-state index in [4.69, 9.17) is 0 Å². The van der Waals surface area contributed by atoms with Gasteiger partial charge in [-0.1, -0.05) is 52.0 Å². The lowest BCUT2D eigenvalue weighted by atomic mass is 9.85. The molecule has 3 amide bonds. The number of hydrogen-bond donors (Lipinski definition) is 4. The summed E-state index contributed by atoms with van der Waals surface area (Å²) in [6.07, 6.45) is 1.58. The van der Waals surface area contributed by atoms with Crippen LogP contribution in [0.2, 0.25) is 0 Å². The Kier molecular flexibility index (Phi) is 12.6. The average molecular weight is 628 g/mol. The van der Waals surface area contributed by atoms with Gasteiger partial charge in [0.25, 0.3) is 0 Å². The number of aliphatic hydroxyl groups is 1. The quantitative estimate of drug-likeness (QED) is 0.233. The molecule has 1 aliphatic heterocycles. The molecule has 0 aliphatic carbocycles. The second-order valence-corrected chi connectivity index (χ2v) is 13.7. The van der Waals surface area contributed by atoms with Crippen molar-refractivity contribution >= 4 is 34.8 Å². The highest BCUT2D eigenvalue weighted by Crippen LogP contribution is 2.29. The first-order valence-corrected chi connectivity index (χ1v) is 16.4. The molecule has 1 saturated heterocycles. The first-order valence-electron chi connectivity index (χ1n) is 15.5. The van der Waals surface area contributed by atoms with Crippen molar-refractivity contribution in [1.82, 2.24) is 25.8 Å². The Morgan fingerprint density at radius 3 is 2.36 bits per heavy atom. The Bertz CT molecular complexity index is 1290. The predicted molar refractivity (Wildman–Crippen MR) is 173 cm³/mol. The molecule has 0 radical (unpaired) electrons. The highest BCUT2D eigenvalue weighted by atomic mass is 32.1. The molecule has 3 rings (SSSR count). The predicted octanol–water partition coefficient (Wildman–Crippen LogP) is 3.92. The van der Waals surface area contributed by atoms with Gasteiger partial charge in [-0.05, 0) is 63.1 Å². The van der Waals surface area contributed by atoms with Crippen LogP contribution in [0.3, 0.4) is 0 Å². The molecule has 10 nitrogen and oxygen atoms in total. The molecular formula is C33H49N5O5S. The molecule has 0 saturated carbocycles. The van der Waals surface area contributed by atoms with Crippen molar-refractivity contribution < 1.29 is 24.3 Å². The van der Waals surface area contributed by atoms with E-state index in [1.807, 2.05) is 71.3 Å². The first kappa shape index (κ1) is 35.3. The second-order valence-electron chi connectivity index (χ2n) is 12.9. The molecule has 11 heteroatoms. The average Bonchev–Trinajstić information content (AvgIpc) is 3.57. The number of nitrogens with one attached hydrogen (secondary N) is 3. The maximum atomic E-state index is 13.8. The maximum absolute atomic E-state index is 13.8. The third-order valence-corrected chi connectivity index (χ3v) is 9.16. The highest BCUT2D eigenvalue weighted by molar-refractivity contribution is 7.13. The number of rotatable bonds is 14. The molecule has 242 valence electrons. The van der Waals surface area contributed by atoms with Crippen LogP contribution in [0.1, 0.15) is 90.9 Å². The smallest absolute Gasteiger partial charge is 0.246 e. The van der Waals surface area contributed by atoms with Crippen LogP contribution in [0.25, 0.3) is 10.4 Å². The number of nitrogens with zero attached hydrogens (tertiary/aromatic N) is 2. The van der Waals surface area contributed by atoms with Crippen LogP contribution in [0, 0.1) is 12.3 Å². The number of carbonyl (C=O) groups excluding carboxylic acids is 4. The Morgan fingerprint density at radius 1 is 1.11 bits per heavy atom. The number of aryl methyl sites for hydroxylation is 1. The van der Waals surface area contributed by atoms with Gasteiger partial charge in [-0.3, -0.25) is 19.2 Å². The van der Waals surface area contributed by atoms with Crippen molar-refractivity contribution in [2.24, 2.45) is 5.41 Å². The van der Waals surface area contributed by atoms with Gasteiger partial charge in [0.1, 0.15) is 17.9 Å². The Morgan fingerprint density at radius 2 is 1.80 bits per heavy atom. The van der Waals surface area contributed by atoms with Crippen LogP contribution < -0.4 is 16.0 Å². The number of unbranched alkanes of at least 4 members (excludes halogenated alkanes) is 1. The zero-order chi connectivity index (χ0) is 32.6. The van der Waals surface area contributed by atoms with E-state index < -0.39 is 23.6 Å². The molecule has 1 aliphatic rings. The zero-order valence-electron chi connectivity index (χ0n) is 27.1. The van der Waals surface area contributed by atoms with E-state index in [2.05, 4.69) is 20.9 Å². The summed E-state index contributed by atoms with van der Waals surface area (Å²) in [5, 5.41) is 19.6. The van der Waals surface area contributed by atoms with Gasteiger partial charge in [-0.15, -0.1) is 11.3 Å². The van der Waals surface area contributed by atoms with Gasteiger partial charge in [-0.2, -0.15) is 0 Å². The summed E-state index contributed by atoms with van der Waals surface area (Å²) < 4.78 is 0. The van der Waals surface area contributed by atoms with Gasteiger partial charge in [0, 0.05) is 19.4 Å². The summed E-state index contributed by atoms with van der Waals surface area (Å²) in [6, 6.07) is 5.76. The summed E-state index contributed by atoms with van der Waals surface area (Å²) in [7, 11) is 0. The minimum atomic E-state index is -0.865. The summed E-state index contributed by atoms with van der Waals surface area (Å²) in [4.78, 5) is 58.6. The Balaban J connectivity index is 1.60. The zero-order valence-corrected chi connectivity index (χ0v) is 27.9. The molecule has 1 aromatic heterocycles. The maximum Gasteiger partial charge on any atom is 0.246 e. The summed E-state index contributed by atoms with van der Waals surface area (Å²) >= 11 is 1.58. The number of aromatic nitrogens is 1. The minimum absolute atomic E-state index is 0.0249. The molecular weight excluding hydrogens is 578 g/mol. The normalized spacial score (nSPS) is 18.9. The number of β-amino-alcohol motifs (C(OH)–C–C–N with tert-alkyl or cyclic N) is 1. The van der Waals surface area contributed by atoms with Gasteiger partial charge in [0.2, 0.25) is 17.7 Å². The summed E-state index contributed by atoms with van der Waals surface area (Å²) in [5.74, 6) is -0.870. The number of benzene rings is 1. The molecule has 0 bridgehead atoms. The minimum Gasteiger partial charge on any atom is -0.391 e. The molecule has 2 heterocycles. The van der Waals surface area contributed by atoms with Crippen molar-refractivity contribution in [3.8, 4) is 10.4 Å². The number of Topliss-reactive ketones (excluding diaryl/α,β-unsaturated/α-hetero) is 1. The third kappa shape index (κ3) is 9.42. The number of amides is 3. The van der Waals surface area contributed by atoms with Crippen molar-refractivity contribution in [1.29, 1.82) is 0 Å². The summed E-state index contributed by atoms with van der Waals surface area (Å²) in [6.45, 7) is 13.6. The molecule has 1 aromatic carbocycles. The molecule has 2 aromatic rings. The lowest BCUT2D eigenvalue weighted by Gasteiger charge is -2.35. The van der Waals surface area contributed by atoms with E-state index in [0.29, 0.717) is 13.0 Å². The number of hydrogen-bond acceptors (Lipinski definition) is 8. The van der Waals surface area contributed by atoms with E-state index in [1.165, 1.54) is 4.90 Å². The van der Waals surface area contributed by atoms with Gasteiger partial charge in [0.05, 0.1) is 34.3 Å². The van der Waals surface area contributed by atoms with Crippen LogP contribution in [0.15, 0.2) is 29.8 Å². The Hall–Kier alpha value is -3.15. The Labute approximate surface area is 265 Å².